The zero-order valence-electron chi connectivity index (χ0n) is 18.1. The average Bonchev–Trinajstić information content (AvgIpc) is 3.21. The molecule has 1 aliphatic heterocycles. The lowest BCUT2D eigenvalue weighted by atomic mass is 9.92. The molecule has 0 aliphatic carbocycles. The van der Waals surface area contributed by atoms with Crippen LogP contribution < -0.4 is 5.32 Å². The number of carbonyl (C=O) groups is 1. The zero-order valence-corrected chi connectivity index (χ0v) is 18.1. The van der Waals surface area contributed by atoms with Crippen LogP contribution in [0, 0.1) is 6.92 Å². The Labute approximate surface area is 167 Å². The van der Waals surface area contributed by atoms with Crippen molar-refractivity contribution in [2.45, 2.75) is 78.2 Å². The number of hydrogen-bond donors (Lipinski definition) is 2. The third-order valence-corrected chi connectivity index (χ3v) is 5.04. The number of hydrogen-bond acceptors (Lipinski definition) is 4. The first-order valence-corrected chi connectivity index (χ1v) is 10.0. The zero-order chi connectivity index (χ0) is 20.7. The van der Waals surface area contributed by atoms with E-state index in [1.165, 1.54) is 0 Å². The molecule has 8 nitrogen and oxygen atoms in total. The number of aromatic nitrogens is 5. The molecule has 1 aliphatic rings. The predicted octanol–water partition coefficient (Wildman–Crippen LogP) is 3.77. The lowest BCUT2D eigenvalue weighted by Crippen LogP contribution is -2.42. The molecular formula is C20H33N7O. The molecule has 0 aromatic carbocycles. The van der Waals surface area contributed by atoms with Gasteiger partial charge in [-0.05, 0) is 40.5 Å². The number of carbonyl (C=O) groups excluding carboxylic acids is 1. The van der Waals surface area contributed by atoms with E-state index in [2.05, 4.69) is 62.0 Å². The Morgan fingerprint density at radius 3 is 2.54 bits per heavy atom. The highest BCUT2D eigenvalue weighted by Crippen LogP contribution is 2.29. The fourth-order valence-electron chi connectivity index (χ4n) is 3.45. The summed E-state index contributed by atoms with van der Waals surface area (Å²) in [4.78, 5) is 19.3. The van der Waals surface area contributed by atoms with Gasteiger partial charge in [0.1, 0.15) is 11.6 Å². The van der Waals surface area contributed by atoms with Gasteiger partial charge in [0.15, 0.2) is 5.82 Å². The molecule has 2 aromatic rings. The third kappa shape index (κ3) is 4.36. The van der Waals surface area contributed by atoms with Gasteiger partial charge in [-0.1, -0.05) is 20.8 Å². The summed E-state index contributed by atoms with van der Waals surface area (Å²) in [7, 11) is 0. The van der Waals surface area contributed by atoms with Crippen LogP contribution in [0.4, 0.5) is 10.6 Å². The molecule has 28 heavy (non-hydrogen) atoms. The summed E-state index contributed by atoms with van der Waals surface area (Å²) >= 11 is 0. The Morgan fingerprint density at radius 2 is 1.96 bits per heavy atom. The van der Waals surface area contributed by atoms with Gasteiger partial charge in [-0.3, -0.25) is 10.4 Å². The van der Waals surface area contributed by atoms with Gasteiger partial charge in [-0.15, -0.1) is 0 Å². The van der Waals surface area contributed by atoms with Gasteiger partial charge in [-0.25, -0.2) is 14.5 Å². The van der Waals surface area contributed by atoms with Gasteiger partial charge in [0.05, 0.1) is 11.2 Å². The largest absolute Gasteiger partial charge is 0.324 e. The summed E-state index contributed by atoms with van der Waals surface area (Å²) in [6, 6.07) is 1.89. The van der Waals surface area contributed by atoms with Crippen LogP contribution in [0.25, 0.3) is 0 Å². The molecule has 0 saturated carbocycles. The molecule has 0 radical (unpaired) electrons. The van der Waals surface area contributed by atoms with Crippen LogP contribution in [0.15, 0.2) is 6.07 Å². The minimum Gasteiger partial charge on any atom is -0.324 e. The summed E-state index contributed by atoms with van der Waals surface area (Å²) in [5.74, 6) is 2.51. The van der Waals surface area contributed by atoms with Gasteiger partial charge in [0.25, 0.3) is 0 Å². The van der Waals surface area contributed by atoms with Crippen LogP contribution in [0.1, 0.15) is 77.6 Å². The van der Waals surface area contributed by atoms with E-state index < -0.39 is 0 Å². The van der Waals surface area contributed by atoms with Crippen LogP contribution in [0.2, 0.25) is 0 Å². The summed E-state index contributed by atoms with van der Waals surface area (Å²) in [6.07, 6.45) is 1.94. The molecule has 0 spiro atoms. The van der Waals surface area contributed by atoms with Crippen molar-refractivity contribution in [2.75, 3.05) is 18.4 Å². The second-order valence-corrected chi connectivity index (χ2v) is 9.74. The van der Waals surface area contributed by atoms with Gasteiger partial charge in [-0.2, -0.15) is 10.2 Å². The van der Waals surface area contributed by atoms with E-state index in [4.69, 9.17) is 5.10 Å². The number of aryl methyl sites for hydroxylation is 1. The van der Waals surface area contributed by atoms with E-state index in [1.807, 2.05) is 22.6 Å². The van der Waals surface area contributed by atoms with Crippen molar-refractivity contribution in [3.05, 3.63) is 23.4 Å². The molecule has 0 unspecified atom stereocenters. The van der Waals surface area contributed by atoms with Gasteiger partial charge in [0.2, 0.25) is 0 Å². The van der Waals surface area contributed by atoms with Crippen molar-refractivity contribution < 1.29 is 4.79 Å². The molecule has 8 heteroatoms. The van der Waals surface area contributed by atoms with Gasteiger partial charge in [0, 0.05) is 30.5 Å². The van der Waals surface area contributed by atoms with Gasteiger partial charge >= 0.3 is 6.03 Å². The van der Waals surface area contributed by atoms with Crippen molar-refractivity contribution >= 4 is 11.8 Å². The molecule has 3 heterocycles. The Kier molecular flexibility index (Phi) is 5.25. The van der Waals surface area contributed by atoms with Crippen molar-refractivity contribution in [3.8, 4) is 0 Å². The summed E-state index contributed by atoms with van der Waals surface area (Å²) < 4.78 is 1.91. The molecule has 2 amide bonds. The molecule has 154 valence electrons. The molecule has 1 fully saturated rings. The summed E-state index contributed by atoms with van der Waals surface area (Å²) in [6.45, 7) is 15.9. The normalized spacial score (nSPS) is 18.4. The number of likely N-dealkylation sites (tertiary alicyclic amines) is 1. The number of aromatic amines is 1. The Hall–Kier alpha value is -2.38. The number of rotatable bonds is 2. The topological polar surface area (TPSA) is 91.7 Å². The van der Waals surface area contributed by atoms with Crippen LogP contribution in [0.5, 0.6) is 0 Å². The number of nitrogens with zero attached hydrogens (tertiary/aromatic N) is 5. The molecule has 3 rings (SSSR count). The van der Waals surface area contributed by atoms with E-state index in [9.17, 15) is 4.79 Å². The third-order valence-electron chi connectivity index (χ3n) is 5.04. The van der Waals surface area contributed by atoms with Crippen LogP contribution in [0.3, 0.4) is 0 Å². The first-order chi connectivity index (χ1) is 12.9. The fraction of sp³-hybridized carbons (Fsp3) is 0.700. The van der Waals surface area contributed by atoms with Gasteiger partial charge < -0.3 is 4.90 Å². The maximum atomic E-state index is 13.0. The summed E-state index contributed by atoms with van der Waals surface area (Å²) in [5, 5.41) is 15.1. The van der Waals surface area contributed by atoms with Crippen molar-refractivity contribution in [1.29, 1.82) is 0 Å². The maximum absolute atomic E-state index is 13.0. The van der Waals surface area contributed by atoms with Crippen LogP contribution >= 0.6 is 0 Å². The number of piperidine rings is 1. The predicted molar refractivity (Wildman–Crippen MR) is 110 cm³/mol. The highest BCUT2D eigenvalue weighted by molar-refractivity contribution is 5.88. The van der Waals surface area contributed by atoms with Crippen LogP contribution in [-0.2, 0) is 11.0 Å². The van der Waals surface area contributed by atoms with Crippen LogP contribution in [-0.4, -0.2) is 49.0 Å². The summed E-state index contributed by atoms with van der Waals surface area (Å²) in [5.41, 5.74) is 0.647. The van der Waals surface area contributed by atoms with Crippen molar-refractivity contribution in [2.24, 2.45) is 0 Å². The molecule has 1 atom stereocenters. The van der Waals surface area contributed by atoms with E-state index in [-0.39, 0.29) is 22.9 Å². The van der Waals surface area contributed by atoms with E-state index >= 15 is 0 Å². The fourth-order valence-corrected chi connectivity index (χ4v) is 3.45. The molecule has 2 aromatic heterocycles. The molecule has 2 N–H and O–H groups in total. The lowest BCUT2D eigenvalue weighted by molar-refractivity contribution is 0.191. The molecule has 0 bridgehead atoms. The Bertz CT molecular complexity index is 838. The number of nitrogens with one attached hydrogen (secondary N) is 2. The number of urea groups is 1. The lowest BCUT2D eigenvalue weighted by Gasteiger charge is -2.32. The SMILES string of the molecule is Cc1nc([C@@H]2CCCN(C(=O)Nc3cc(C(C)(C)C)nn3C(C)(C)C)C2)n[nH]1. The highest BCUT2D eigenvalue weighted by atomic mass is 16.2. The minimum atomic E-state index is -0.229. The van der Waals surface area contributed by atoms with Crippen molar-refractivity contribution in [1.82, 2.24) is 29.9 Å². The standard InChI is InChI=1S/C20H33N7O/c1-13-21-17(24-23-13)14-9-8-10-26(12-14)18(28)22-16-11-15(19(2,3)4)25-27(16)20(5,6)7/h11,14H,8-10,12H2,1-7H3,(H,22,28)(H,21,23,24)/t14-/m1/s1. The second kappa shape index (κ2) is 7.22. The molecule has 1 saturated heterocycles. The van der Waals surface area contributed by atoms with Crippen molar-refractivity contribution in [3.63, 3.8) is 0 Å². The molecular weight excluding hydrogens is 354 g/mol. The van der Waals surface area contributed by atoms with E-state index in [0.717, 1.165) is 42.5 Å². The number of H-pyrrole nitrogens is 1. The monoisotopic (exact) mass is 387 g/mol. The Balaban J connectivity index is 1.77. The van der Waals surface area contributed by atoms with E-state index in [0.29, 0.717) is 6.54 Å². The maximum Gasteiger partial charge on any atom is 0.323 e. The number of anilines is 1. The highest BCUT2D eigenvalue weighted by Gasteiger charge is 2.30. The minimum absolute atomic E-state index is 0.0876. The smallest absolute Gasteiger partial charge is 0.323 e. The average molecular weight is 388 g/mol. The first kappa shape index (κ1) is 20.4. The van der Waals surface area contributed by atoms with E-state index in [1.54, 1.807) is 0 Å². The Morgan fingerprint density at radius 1 is 1.25 bits per heavy atom. The second-order valence-electron chi connectivity index (χ2n) is 9.74. The quantitative estimate of drug-likeness (QED) is 0.820. The first-order valence-electron chi connectivity index (χ1n) is 10.0. The number of amides is 2.